The molecule has 4 nitrogen and oxygen atoms in total. The molecule has 4 rings (SSSR count). The van der Waals surface area contributed by atoms with E-state index in [1.54, 1.807) is 0 Å². The van der Waals surface area contributed by atoms with E-state index in [2.05, 4.69) is 28.6 Å². The number of nitrogens with one attached hydrogen (secondary N) is 2. The third-order valence-electron chi connectivity index (χ3n) is 5.98. The monoisotopic (exact) mass is 349 g/mol. The maximum atomic E-state index is 12.7. The lowest BCUT2D eigenvalue weighted by atomic mass is 9.79. The number of anilines is 1. The highest BCUT2D eigenvalue weighted by atomic mass is 16.1. The molecule has 1 aromatic carbocycles. The van der Waals surface area contributed by atoms with Crippen LogP contribution in [0.25, 0.3) is 0 Å². The van der Waals surface area contributed by atoms with Crippen molar-refractivity contribution in [2.75, 3.05) is 5.32 Å². The molecule has 1 aromatic heterocycles. The smallest absolute Gasteiger partial charge is 0.224 e. The highest BCUT2D eigenvalue weighted by Gasteiger charge is 2.39. The first-order valence-corrected chi connectivity index (χ1v) is 9.77. The Bertz CT molecular complexity index is 755. The Balaban J connectivity index is 1.55. The van der Waals surface area contributed by atoms with Crippen molar-refractivity contribution in [2.45, 2.75) is 51.1 Å². The number of nitrogens with zero attached hydrogens (tertiary/aromatic N) is 1. The van der Waals surface area contributed by atoms with Crippen LogP contribution in [0.1, 0.15) is 49.9 Å². The lowest BCUT2D eigenvalue weighted by Crippen LogP contribution is -2.47. The van der Waals surface area contributed by atoms with E-state index in [1.165, 1.54) is 25.7 Å². The first-order chi connectivity index (χ1) is 12.7. The van der Waals surface area contributed by atoms with E-state index in [-0.39, 0.29) is 11.9 Å². The normalized spacial score (nSPS) is 25.3. The van der Waals surface area contributed by atoms with E-state index in [1.807, 2.05) is 42.6 Å². The molecule has 1 fully saturated rings. The van der Waals surface area contributed by atoms with Gasteiger partial charge in [0.2, 0.25) is 5.91 Å². The van der Waals surface area contributed by atoms with E-state index in [9.17, 15) is 4.79 Å². The van der Waals surface area contributed by atoms with Crippen molar-refractivity contribution in [3.8, 4) is 0 Å². The van der Waals surface area contributed by atoms with Crippen molar-refractivity contribution >= 4 is 11.6 Å². The van der Waals surface area contributed by atoms with Gasteiger partial charge in [-0.1, -0.05) is 50.1 Å². The maximum Gasteiger partial charge on any atom is 0.224 e. The molecule has 2 aliphatic rings. The van der Waals surface area contributed by atoms with Gasteiger partial charge in [-0.15, -0.1) is 0 Å². The molecule has 136 valence electrons. The average Bonchev–Trinajstić information content (AvgIpc) is 3.19. The van der Waals surface area contributed by atoms with Gasteiger partial charge in [0, 0.05) is 18.2 Å². The summed E-state index contributed by atoms with van der Waals surface area (Å²) < 4.78 is 0. The zero-order valence-electron chi connectivity index (χ0n) is 15.3. The molecule has 26 heavy (non-hydrogen) atoms. The van der Waals surface area contributed by atoms with Crippen LogP contribution in [0.4, 0.5) is 5.69 Å². The fourth-order valence-corrected chi connectivity index (χ4v) is 4.62. The Hall–Kier alpha value is -2.36. The van der Waals surface area contributed by atoms with Gasteiger partial charge >= 0.3 is 0 Å². The minimum atomic E-state index is -0.0331. The minimum absolute atomic E-state index is 0.0331. The summed E-state index contributed by atoms with van der Waals surface area (Å²) in [5.74, 6) is 1.07. The molecule has 3 atom stereocenters. The number of pyridine rings is 1. The van der Waals surface area contributed by atoms with Gasteiger partial charge in [0.05, 0.1) is 23.8 Å². The molecular weight excluding hydrogens is 322 g/mol. The van der Waals surface area contributed by atoms with Crippen molar-refractivity contribution in [1.82, 2.24) is 10.3 Å². The van der Waals surface area contributed by atoms with Crippen LogP contribution in [0.15, 0.2) is 48.7 Å². The molecule has 0 saturated heterocycles. The van der Waals surface area contributed by atoms with Crippen LogP contribution in [0, 0.1) is 11.8 Å². The van der Waals surface area contributed by atoms with Gasteiger partial charge in [0.1, 0.15) is 0 Å². The molecule has 1 saturated carbocycles. The number of fused-ring (bicyclic) bond motifs is 1. The summed E-state index contributed by atoms with van der Waals surface area (Å²) >= 11 is 0. The number of hydrogen-bond donors (Lipinski definition) is 2. The van der Waals surface area contributed by atoms with Gasteiger partial charge in [-0.05, 0) is 36.5 Å². The number of benzene rings is 1. The minimum Gasteiger partial charge on any atom is -0.380 e. The predicted octanol–water partition coefficient (Wildman–Crippen LogP) is 4.10. The molecule has 0 radical (unpaired) electrons. The highest BCUT2D eigenvalue weighted by Crippen LogP contribution is 2.41. The van der Waals surface area contributed by atoms with Crippen LogP contribution in [-0.2, 0) is 11.2 Å². The van der Waals surface area contributed by atoms with E-state index >= 15 is 0 Å². The number of amides is 1. The largest absolute Gasteiger partial charge is 0.380 e. The standard InChI is InChI=1S/C22H27N3O/c1-15-20(17-10-5-6-11-17)24-18-12-7-13-23-22(18)21(15)25-19(26)14-16-8-3-2-4-9-16/h2-4,7-9,12-13,15,17,20-21,24H,5-6,10-11,14H2,1H3,(H,25,26)/t15-,20+,21?/m0/s1. The Labute approximate surface area is 155 Å². The van der Waals surface area contributed by atoms with Gasteiger partial charge in [-0.3, -0.25) is 9.78 Å². The molecule has 2 heterocycles. The molecule has 0 spiro atoms. The third-order valence-corrected chi connectivity index (χ3v) is 5.98. The van der Waals surface area contributed by atoms with Crippen LogP contribution in [-0.4, -0.2) is 16.9 Å². The summed E-state index contributed by atoms with van der Waals surface area (Å²) in [4.78, 5) is 17.3. The van der Waals surface area contributed by atoms with Crippen molar-refractivity contribution in [1.29, 1.82) is 0 Å². The third kappa shape index (κ3) is 3.46. The summed E-state index contributed by atoms with van der Waals surface area (Å²) in [5.41, 5.74) is 3.09. The quantitative estimate of drug-likeness (QED) is 0.874. The van der Waals surface area contributed by atoms with Crippen LogP contribution >= 0.6 is 0 Å². The van der Waals surface area contributed by atoms with Crippen LogP contribution in [0.2, 0.25) is 0 Å². The van der Waals surface area contributed by atoms with Gasteiger partial charge in [-0.25, -0.2) is 0 Å². The number of rotatable bonds is 4. The molecule has 4 heteroatoms. The van der Waals surface area contributed by atoms with Crippen LogP contribution < -0.4 is 10.6 Å². The molecular formula is C22H27N3O. The zero-order chi connectivity index (χ0) is 17.9. The summed E-state index contributed by atoms with van der Waals surface area (Å²) in [7, 11) is 0. The summed E-state index contributed by atoms with van der Waals surface area (Å²) in [6, 6.07) is 14.3. The Morgan fingerprint density at radius 3 is 2.69 bits per heavy atom. The molecule has 2 N–H and O–H groups in total. The van der Waals surface area contributed by atoms with Crippen molar-refractivity contribution in [3.05, 3.63) is 59.9 Å². The van der Waals surface area contributed by atoms with E-state index in [4.69, 9.17) is 0 Å². The van der Waals surface area contributed by atoms with Gasteiger partial charge in [0.15, 0.2) is 0 Å². The molecule has 1 amide bonds. The fourth-order valence-electron chi connectivity index (χ4n) is 4.62. The molecule has 0 bridgehead atoms. The van der Waals surface area contributed by atoms with E-state index in [0.717, 1.165) is 16.9 Å². The number of carbonyl (C=O) groups excluding carboxylic acids is 1. The lowest BCUT2D eigenvalue weighted by molar-refractivity contribution is -0.121. The lowest BCUT2D eigenvalue weighted by Gasteiger charge is -2.41. The first kappa shape index (κ1) is 17.1. The van der Waals surface area contributed by atoms with Crippen molar-refractivity contribution < 1.29 is 4.79 Å². The van der Waals surface area contributed by atoms with Crippen LogP contribution in [0.3, 0.4) is 0 Å². The SMILES string of the molecule is C[C@@H]1C(NC(=O)Cc2ccccc2)c2ncccc2N[C@H]1C1CCCC1. The highest BCUT2D eigenvalue weighted by molar-refractivity contribution is 5.79. The molecule has 2 aromatic rings. The number of aromatic nitrogens is 1. The zero-order valence-corrected chi connectivity index (χ0v) is 15.3. The summed E-state index contributed by atoms with van der Waals surface area (Å²) in [6.45, 7) is 2.25. The van der Waals surface area contributed by atoms with Gasteiger partial charge in [-0.2, -0.15) is 0 Å². The summed E-state index contributed by atoms with van der Waals surface area (Å²) in [5, 5.41) is 7.01. The second kappa shape index (κ2) is 7.48. The Kier molecular flexibility index (Phi) is 4.91. The second-order valence-corrected chi connectivity index (χ2v) is 7.72. The van der Waals surface area contributed by atoms with Gasteiger partial charge < -0.3 is 10.6 Å². The fraction of sp³-hybridized carbons (Fsp3) is 0.455. The Morgan fingerprint density at radius 2 is 1.92 bits per heavy atom. The maximum absolute atomic E-state index is 12.7. The predicted molar refractivity (Wildman–Crippen MR) is 104 cm³/mol. The molecule has 1 aliphatic heterocycles. The van der Waals surface area contributed by atoms with Crippen molar-refractivity contribution in [3.63, 3.8) is 0 Å². The van der Waals surface area contributed by atoms with E-state index < -0.39 is 0 Å². The summed E-state index contributed by atoms with van der Waals surface area (Å²) in [6.07, 6.45) is 7.43. The topological polar surface area (TPSA) is 54.0 Å². The first-order valence-electron chi connectivity index (χ1n) is 9.77. The van der Waals surface area contributed by atoms with Crippen molar-refractivity contribution in [2.24, 2.45) is 11.8 Å². The average molecular weight is 349 g/mol. The Morgan fingerprint density at radius 1 is 1.15 bits per heavy atom. The van der Waals surface area contributed by atoms with Gasteiger partial charge in [0.25, 0.3) is 0 Å². The number of hydrogen-bond acceptors (Lipinski definition) is 3. The molecule has 1 unspecified atom stereocenters. The molecule has 1 aliphatic carbocycles. The van der Waals surface area contributed by atoms with Crippen LogP contribution in [0.5, 0.6) is 0 Å². The second-order valence-electron chi connectivity index (χ2n) is 7.72. The number of carbonyl (C=O) groups is 1. The van der Waals surface area contributed by atoms with E-state index in [0.29, 0.717) is 24.3 Å².